The molecule has 0 spiro atoms. The van der Waals surface area contributed by atoms with Gasteiger partial charge in [-0.1, -0.05) is 20.5 Å². The molecule has 0 rings (SSSR count). The summed E-state index contributed by atoms with van der Waals surface area (Å²) in [6, 6.07) is 0. The number of carbonyl (C=O) groups is 1. The zero-order valence-electron chi connectivity index (χ0n) is 8.88. The van der Waals surface area contributed by atoms with E-state index in [0.717, 1.165) is 5.33 Å². The summed E-state index contributed by atoms with van der Waals surface area (Å²) in [6.45, 7) is 5.47. The predicted molar refractivity (Wildman–Crippen MR) is 61.6 cm³/mol. The molecule has 0 aliphatic heterocycles. The third-order valence-electron chi connectivity index (χ3n) is 1.32. The van der Waals surface area contributed by atoms with E-state index >= 15 is 0 Å². The Morgan fingerprint density at radius 2 is 1.93 bits per heavy atom. The van der Waals surface area contributed by atoms with E-state index in [4.69, 9.17) is 4.74 Å². The second-order valence-corrected chi connectivity index (χ2v) is 6.61. The van der Waals surface area contributed by atoms with Crippen LogP contribution in [0.4, 0.5) is 0 Å². The largest absolute Gasteiger partial charge is 0.460 e. The number of ether oxygens (including phenoxy) is 1. The molecule has 0 N–H and O–H groups in total. The number of hydrogen-bond donors (Lipinski definition) is 0. The third kappa shape index (κ3) is 8.64. The number of rotatable bonds is 5. The molecule has 0 saturated heterocycles. The van der Waals surface area contributed by atoms with Crippen LogP contribution in [0.5, 0.6) is 0 Å². The van der Waals surface area contributed by atoms with Crippen LogP contribution < -0.4 is 0 Å². The lowest BCUT2D eigenvalue weighted by Gasteiger charge is -2.18. The van der Waals surface area contributed by atoms with E-state index < -0.39 is 13.4 Å². The van der Waals surface area contributed by atoms with Gasteiger partial charge in [-0.2, -0.15) is 0 Å². The van der Waals surface area contributed by atoms with Gasteiger partial charge >= 0.3 is 13.8 Å². The van der Waals surface area contributed by atoms with Crippen molar-refractivity contribution < 1.29 is 14.1 Å². The summed E-state index contributed by atoms with van der Waals surface area (Å²) < 4.78 is 16.3. The van der Waals surface area contributed by atoms with Crippen molar-refractivity contribution in [2.24, 2.45) is 0 Å². The maximum Gasteiger partial charge on any atom is 0.340 e. The molecular formula is C9H17BrO3P+. The van der Waals surface area contributed by atoms with Gasteiger partial charge in [0, 0.05) is 5.33 Å². The molecular weight excluding hydrogens is 267 g/mol. The van der Waals surface area contributed by atoms with Crippen molar-refractivity contribution in [1.82, 2.24) is 0 Å². The first kappa shape index (κ1) is 14.1. The van der Waals surface area contributed by atoms with Crippen LogP contribution >= 0.6 is 23.7 Å². The molecule has 0 heterocycles. The van der Waals surface area contributed by atoms with Crippen LogP contribution in [-0.4, -0.2) is 29.2 Å². The van der Waals surface area contributed by atoms with E-state index in [9.17, 15) is 9.36 Å². The molecule has 0 aromatic rings. The molecule has 0 aromatic heterocycles. The first-order valence-corrected chi connectivity index (χ1v) is 7.30. The zero-order valence-corrected chi connectivity index (χ0v) is 11.4. The quantitative estimate of drug-likeness (QED) is 0.443. The van der Waals surface area contributed by atoms with E-state index in [1.807, 2.05) is 20.8 Å². The molecule has 0 fully saturated rings. The van der Waals surface area contributed by atoms with Crippen molar-refractivity contribution >= 4 is 29.7 Å². The van der Waals surface area contributed by atoms with Crippen LogP contribution in [0.3, 0.4) is 0 Å². The molecule has 5 heteroatoms. The molecule has 14 heavy (non-hydrogen) atoms. The van der Waals surface area contributed by atoms with E-state index in [1.54, 1.807) is 0 Å². The van der Waals surface area contributed by atoms with E-state index in [0.29, 0.717) is 12.3 Å². The average molecular weight is 284 g/mol. The van der Waals surface area contributed by atoms with Crippen molar-refractivity contribution in [3.8, 4) is 0 Å². The van der Waals surface area contributed by atoms with Gasteiger partial charge in [0.2, 0.25) is 0 Å². The van der Waals surface area contributed by atoms with Gasteiger partial charge < -0.3 is 4.74 Å². The molecule has 0 aliphatic rings. The lowest BCUT2D eigenvalue weighted by Crippen LogP contribution is -2.24. The Morgan fingerprint density at radius 1 is 1.36 bits per heavy atom. The molecule has 0 radical (unpaired) electrons. The van der Waals surface area contributed by atoms with Gasteiger partial charge in [-0.25, -0.2) is 0 Å². The molecule has 0 bridgehead atoms. The third-order valence-corrected chi connectivity index (χ3v) is 3.77. The van der Waals surface area contributed by atoms with Crippen LogP contribution in [0.15, 0.2) is 0 Å². The normalized spacial score (nSPS) is 12.4. The highest BCUT2D eigenvalue weighted by molar-refractivity contribution is 9.09. The maximum absolute atomic E-state index is 11.2. The highest BCUT2D eigenvalue weighted by atomic mass is 79.9. The molecule has 0 aliphatic carbocycles. The lowest BCUT2D eigenvalue weighted by atomic mass is 10.2. The summed E-state index contributed by atoms with van der Waals surface area (Å²) in [6.07, 6.45) is 1.30. The summed E-state index contributed by atoms with van der Waals surface area (Å²) in [7, 11) is -1.25. The van der Waals surface area contributed by atoms with Crippen LogP contribution in [0.1, 0.15) is 27.2 Å². The fraction of sp³-hybridized carbons (Fsp3) is 0.889. The number of carbonyl (C=O) groups excluding carboxylic acids is 1. The maximum atomic E-state index is 11.2. The SMILES string of the molecule is CC(C)(C)OC(=O)CC[P+](=O)CCBr. The highest BCUT2D eigenvalue weighted by Gasteiger charge is 2.20. The van der Waals surface area contributed by atoms with Crippen molar-refractivity contribution in [1.29, 1.82) is 0 Å². The monoisotopic (exact) mass is 283 g/mol. The summed E-state index contributed by atoms with van der Waals surface area (Å²) in [5.41, 5.74) is -0.446. The summed E-state index contributed by atoms with van der Waals surface area (Å²) >= 11 is 3.21. The number of esters is 1. The minimum Gasteiger partial charge on any atom is -0.460 e. The smallest absolute Gasteiger partial charge is 0.340 e. The Balaban J connectivity index is 3.70. The molecule has 0 aromatic carbocycles. The van der Waals surface area contributed by atoms with Crippen LogP contribution in [0.25, 0.3) is 0 Å². The van der Waals surface area contributed by atoms with Crippen molar-refractivity contribution in [2.45, 2.75) is 32.8 Å². The van der Waals surface area contributed by atoms with Crippen LogP contribution in [-0.2, 0) is 14.1 Å². The first-order chi connectivity index (χ1) is 6.35. The van der Waals surface area contributed by atoms with Crippen molar-refractivity contribution in [3.05, 3.63) is 0 Å². The Morgan fingerprint density at radius 3 is 2.36 bits per heavy atom. The van der Waals surface area contributed by atoms with E-state index in [-0.39, 0.29) is 12.4 Å². The molecule has 1 atom stereocenters. The summed E-state index contributed by atoms with van der Waals surface area (Å²) in [5.74, 6) is -0.268. The molecule has 3 nitrogen and oxygen atoms in total. The fourth-order valence-electron chi connectivity index (χ4n) is 0.815. The van der Waals surface area contributed by atoms with Crippen molar-refractivity contribution in [3.63, 3.8) is 0 Å². The van der Waals surface area contributed by atoms with Gasteiger partial charge in [0.15, 0.2) is 12.3 Å². The molecule has 82 valence electrons. The Hall–Kier alpha value is 0.0500. The first-order valence-electron chi connectivity index (χ1n) is 4.55. The van der Waals surface area contributed by atoms with Gasteiger partial charge in [-0.3, -0.25) is 4.79 Å². The number of hydrogen-bond acceptors (Lipinski definition) is 3. The van der Waals surface area contributed by atoms with Crippen molar-refractivity contribution in [2.75, 3.05) is 17.7 Å². The number of alkyl halides is 1. The topological polar surface area (TPSA) is 43.4 Å². The van der Waals surface area contributed by atoms with E-state index in [1.165, 1.54) is 0 Å². The van der Waals surface area contributed by atoms with Gasteiger partial charge in [0.25, 0.3) is 0 Å². The Bertz CT molecular complexity index is 211. The zero-order chi connectivity index (χ0) is 11.2. The second-order valence-electron chi connectivity index (χ2n) is 3.95. The summed E-state index contributed by atoms with van der Waals surface area (Å²) in [5, 5.41) is 0.719. The minimum absolute atomic E-state index is 0.249. The highest BCUT2D eigenvalue weighted by Crippen LogP contribution is 2.22. The molecule has 1 unspecified atom stereocenters. The van der Waals surface area contributed by atoms with Gasteiger partial charge in [0.1, 0.15) is 5.60 Å². The lowest BCUT2D eigenvalue weighted by molar-refractivity contribution is -0.154. The number of halogens is 1. The standard InChI is InChI=1S/C9H17BrO3P/c1-9(2,3)13-8(11)4-6-14(12)7-5-10/h4-7H2,1-3H3/q+1. The Labute approximate surface area is 94.5 Å². The summed E-state index contributed by atoms with van der Waals surface area (Å²) in [4.78, 5) is 11.2. The minimum atomic E-state index is -1.25. The molecule has 0 saturated carbocycles. The van der Waals surface area contributed by atoms with Gasteiger partial charge in [0.05, 0.1) is 6.42 Å². The van der Waals surface area contributed by atoms with Crippen LogP contribution in [0.2, 0.25) is 0 Å². The predicted octanol–water partition coefficient (Wildman–Crippen LogP) is 2.94. The second kappa shape index (κ2) is 6.52. The van der Waals surface area contributed by atoms with Gasteiger partial charge in [-0.05, 0) is 20.8 Å². The van der Waals surface area contributed by atoms with E-state index in [2.05, 4.69) is 15.9 Å². The van der Waals surface area contributed by atoms with Crippen LogP contribution in [0, 0.1) is 0 Å². The fourth-order valence-corrected chi connectivity index (χ4v) is 2.85. The molecule has 0 amide bonds. The average Bonchev–Trinajstić information content (AvgIpc) is 1.98. The Kier molecular flexibility index (Phi) is 6.54. The van der Waals surface area contributed by atoms with Gasteiger partial charge in [-0.15, -0.1) is 0 Å².